The molecule has 1 atom stereocenters. The van der Waals surface area contributed by atoms with Crippen molar-refractivity contribution in [3.05, 3.63) is 18.2 Å². The van der Waals surface area contributed by atoms with Gasteiger partial charge in [0, 0.05) is 19.2 Å². The molecular weight excluding hydrogens is 298 g/mol. The number of hydrogen-bond acceptors (Lipinski definition) is 4. The Morgan fingerprint density at radius 2 is 2.13 bits per heavy atom. The number of ether oxygens (including phenoxy) is 1. The number of aliphatic hydroxyl groups excluding tert-OH is 1. The van der Waals surface area contributed by atoms with Gasteiger partial charge in [0.2, 0.25) is 5.91 Å². The van der Waals surface area contributed by atoms with Crippen LogP contribution in [0.15, 0.2) is 18.2 Å². The highest BCUT2D eigenvalue weighted by molar-refractivity contribution is 5.94. The largest absolute Gasteiger partial charge is 0.495 e. The Balaban J connectivity index is 2.16. The number of aliphatic hydroxyl groups is 1. The molecule has 126 valence electrons. The van der Waals surface area contributed by atoms with Gasteiger partial charge >= 0.3 is 6.03 Å². The third kappa shape index (κ3) is 4.35. The Labute approximate surface area is 135 Å². The van der Waals surface area contributed by atoms with Crippen LogP contribution in [0.25, 0.3) is 0 Å². The van der Waals surface area contributed by atoms with Gasteiger partial charge in [-0.1, -0.05) is 0 Å². The molecular formula is C16H23N3O4. The number of methoxy groups -OCH3 is 1. The first-order valence-corrected chi connectivity index (χ1v) is 7.69. The molecule has 1 fully saturated rings. The van der Waals surface area contributed by atoms with Gasteiger partial charge in [0.05, 0.1) is 25.4 Å². The van der Waals surface area contributed by atoms with Crippen LogP contribution in [0.3, 0.4) is 0 Å². The Hall–Kier alpha value is -2.28. The van der Waals surface area contributed by atoms with Crippen LogP contribution in [0.5, 0.6) is 5.75 Å². The van der Waals surface area contributed by atoms with Crippen LogP contribution in [0.4, 0.5) is 16.2 Å². The summed E-state index contributed by atoms with van der Waals surface area (Å²) in [6.45, 7) is 1.99. The fourth-order valence-electron chi connectivity index (χ4n) is 2.73. The molecule has 0 spiro atoms. The van der Waals surface area contributed by atoms with Crippen molar-refractivity contribution in [2.45, 2.75) is 32.2 Å². The van der Waals surface area contributed by atoms with Crippen molar-refractivity contribution in [1.29, 1.82) is 0 Å². The number of piperidine rings is 1. The highest BCUT2D eigenvalue weighted by atomic mass is 16.5. The zero-order valence-corrected chi connectivity index (χ0v) is 13.5. The van der Waals surface area contributed by atoms with Gasteiger partial charge in [0.25, 0.3) is 0 Å². The van der Waals surface area contributed by atoms with Crippen molar-refractivity contribution < 1.29 is 19.4 Å². The third-order valence-electron chi connectivity index (χ3n) is 3.86. The minimum Gasteiger partial charge on any atom is -0.495 e. The number of hydrogen-bond donors (Lipinski definition) is 3. The molecule has 1 saturated heterocycles. The summed E-state index contributed by atoms with van der Waals surface area (Å²) < 4.78 is 5.25. The number of nitrogens with zero attached hydrogens (tertiary/aromatic N) is 1. The predicted octanol–water partition coefficient (Wildman–Crippen LogP) is 2.03. The molecule has 1 heterocycles. The third-order valence-corrected chi connectivity index (χ3v) is 3.86. The standard InChI is InChI=1S/C16H23N3O4/c1-11(21)17-12-6-7-15(23-2)14(9-12)18-16(22)19-8-4-3-5-13(19)10-20/h6-7,9,13,20H,3-5,8,10H2,1-2H3,(H,17,21)(H,18,22). The van der Waals surface area contributed by atoms with Crippen molar-refractivity contribution in [1.82, 2.24) is 4.90 Å². The maximum Gasteiger partial charge on any atom is 0.322 e. The van der Waals surface area contributed by atoms with E-state index in [1.54, 1.807) is 23.1 Å². The summed E-state index contributed by atoms with van der Waals surface area (Å²) in [6.07, 6.45) is 2.73. The maximum absolute atomic E-state index is 12.5. The van der Waals surface area contributed by atoms with E-state index in [-0.39, 0.29) is 24.6 Å². The molecule has 23 heavy (non-hydrogen) atoms. The van der Waals surface area contributed by atoms with Crippen molar-refractivity contribution >= 4 is 23.3 Å². The molecule has 3 N–H and O–H groups in total. The van der Waals surface area contributed by atoms with Gasteiger partial charge in [-0.05, 0) is 37.5 Å². The van der Waals surface area contributed by atoms with Crippen LogP contribution in [-0.4, -0.2) is 48.2 Å². The summed E-state index contributed by atoms with van der Waals surface area (Å²) in [6, 6.07) is 4.60. The number of carbonyl (C=O) groups is 2. The lowest BCUT2D eigenvalue weighted by Crippen LogP contribution is -2.47. The van der Waals surface area contributed by atoms with E-state index < -0.39 is 0 Å². The zero-order valence-electron chi connectivity index (χ0n) is 13.5. The monoisotopic (exact) mass is 321 g/mol. The lowest BCUT2D eigenvalue weighted by Gasteiger charge is -2.34. The van der Waals surface area contributed by atoms with Crippen LogP contribution in [0.1, 0.15) is 26.2 Å². The highest BCUT2D eigenvalue weighted by Crippen LogP contribution is 2.29. The first-order valence-electron chi connectivity index (χ1n) is 7.69. The van der Waals surface area contributed by atoms with E-state index in [9.17, 15) is 14.7 Å². The maximum atomic E-state index is 12.5. The van der Waals surface area contributed by atoms with E-state index >= 15 is 0 Å². The first-order chi connectivity index (χ1) is 11.0. The fraction of sp³-hybridized carbons (Fsp3) is 0.500. The zero-order chi connectivity index (χ0) is 16.8. The molecule has 2 rings (SSSR count). The number of nitrogens with one attached hydrogen (secondary N) is 2. The smallest absolute Gasteiger partial charge is 0.322 e. The number of carbonyl (C=O) groups excluding carboxylic acids is 2. The van der Waals surface area contributed by atoms with Crippen molar-refractivity contribution in [2.24, 2.45) is 0 Å². The molecule has 0 bridgehead atoms. The minimum absolute atomic E-state index is 0.0452. The van der Waals surface area contributed by atoms with E-state index in [0.717, 1.165) is 19.3 Å². The summed E-state index contributed by atoms with van der Waals surface area (Å²) >= 11 is 0. The second kappa shape index (κ2) is 7.82. The SMILES string of the molecule is COc1ccc(NC(C)=O)cc1NC(=O)N1CCCCC1CO. The molecule has 1 aliphatic rings. The second-order valence-corrected chi connectivity index (χ2v) is 5.55. The molecule has 0 aromatic heterocycles. The summed E-state index contributed by atoms with van der Waals surface area (Å²) in [7, 11) is 1.51. The average Bonchev–Trinajstić information content (AvgIpc) is 2.54. The Morgan fingerprint density at radius 1 is 1.35 bits per heavy atom. The Kier molecular flexibility index (Phi) is 5.81. The van der Waals surface area contributed by atoms with E-state index in [4.69, 9.17) is 4.74 Å². The van der Waals surface area contributed by atoms with Crippen LogP contribution in [0.2, 0.25) is 0 Å². The number of rotatable bonds is 4. The molecule has 7 nitrogen and oxygen atoms in total. The number of amides is 3. The van der Waals surface area contributed by atoms with Gasteiger partial charge in [-0.2, -0.15) is 0 Å². The summed E-state index contributed by atoms with van der Waals surface area (Å²) in [5.41, 5.74) is 1.05. The Morgan fingerprint density at radius 3 is 2.78 bits per heavy atom. The number of urea groups is 1. The van der Waals surface area contributed by atoms with Gasteiger partial charge in [-0.15, -0.1) is 0 Å². The van der Waals surface area contributed by atoms with E-state index in [1.165, 1.54) is 14.0 Å². The predicted molar refractivity (Wildman–Crippen MR) is 87.7 cm³/mol. The minimum atomic E-state index is -0.276. The lowest BCUT2D eigenvalue weighted by molar-refractivity contribution is -0.114. The lowest BCUT2D eigenvalue weighted by atomic mass is 10.0. The summed E-state index contributed by atoms with van der Waals surface area (Å²) in [5, 5.41) is 14.9. The van der Waals surface area contributed by atoms with Crippen LogP contribution in [0, 0.1) is 0 Å². The summed E-state index contributed by atoms with van der Waals surface area (Å²) in [4.78, 5) is 25.3. The molecule has 0 saturated carbocycles. The van der Waals surface area contributed by atoms with Gasteiger partial charge in [0.1, 0.15) is 5.75 Å². The van der Waals surface area contributed by atoms with Gasteiger partial charge < -0.3 is 25.4 Å². The van der Waals surface area contributed by atoms with Crippen LogP contribution >= 0.6 is 0 Å². The van der Waals surface area contributed by atoms with Gasteiger partial charge in [-0.25, -0.2) is 4.79 Å². The number of benzene rings is 1. The van der Waals surface area contributed by atoms with Crippen LogP contribution < -0.4 is 15.4 Å². The first kappa shape index (κ1) is 17.1. The van der Waals surface area contributed by atoms with Crippen LogP contribution in [-0.2, 0) is 4.79 Å². The number of likely N-dealkylation sites (tertiary alicyclic amines) is 1. The summed E-state index contributed by atoms with van der Waals surface area (Å²) in [5.74, 6) is 0.314. The van der Waals surface area contributed by atoms with E-state index in [0.29, 0.717) is 23.7 Å². The van der Waals surface area contributed by atoms with Crippen molar-refractivity contribution in [3.8, 4) is 5.75 Å². The van der Waals surface area contributed by atoms with E-state index in [2.05, 4.69) is 10.6 Å². The molecule has 1 aromatic carbocycles. The van der Waals surface area contributed by atoms with Crippen molar-refractivity contribution in [2.75, 3.05) is 30.9 Å². The highest BCUT2D eigenvalue weighted by Gasteiger charge is 2.26. The van der Waals surface area contributed by atoms with Gasteiger partial charge in [-0.3, -0.25) is 4.79 Å². The normalized spacial score (nSPS) is 17.5. The van der Waals surface area contributed by atoms with E-state index in [1.807, 2.05) is 0 Å². The van der Waals surface area contributed by atoms with Gasteiger partial charge in [0.15, 0.2) is 0 Å². The molecule has 1 aromatic rings. The molecule has 0 radical (unpaired) electrons. The molecule has 7 heteroatoms. The molecule has 3 amide bonds. The second-order valence-electron chi connectivity index (χ2n) is 5.55. The molecule has 1 aliphatic heterocycles. The quantitative estimate of drug-likeness (QED) is 0.791. The topological polar surface area (TPSA) is 90.9 Å². The average molecular weight is 321 g/mol. The number of anilines is 2. The molecule has 1 unspecified atom stereocenters. The van der Waals surface area contributed by atoms with Crippen molar-refractivity contribution in [3.63, 3.8) is 0 Å². The Bertz CT molecular complexity index is 576. The fourth-order valence-corrected chi connectivity index (χ4v) is 2.73. The molecule has 0 aliphatic carbocycles.